The monoisotopic (exact) mass is 577 g/mol. The molecular weight excluding hydrogens is 521 g/mol. The molecule has 230 valence electrons. The Hall–Kier alpha value is -1.25. The molecule has 0 spiro atoms. The SMILES string of the molecule is CCCCCC/C=C\CCCCCCCC(=O)OC(COC(=O)CCCC)COP(=O)([O-])OCC[N+](C)(C)C. The van der Waals surface area contributed by atoms with Gasteiger partial charge in [0.2, 0.25) is 0 Å². The maximum Gasteiger partial charge on any atom is 0.306 e. The van der Waals surface area contributed by atoms with Gasteiger partial charge in [-0.25, -0.2) is 0 Å². The summed E-state index contributed by atoms with van der Waals surface area (Å²) in [6, 6.07) is 0. The molecule has 0 aliphatic rings. The first-order valence-corrected chi connectivity index (χ1v) is 16.4. The summed E-state index contributed by atoms with van der Waals surface area (Å²) in [6.45, 7) is 3.89. The third kappa shape index (κ3) is 26.7. The molecule has 0 aromatic heterocycles. The van der Waals surface area contributed by atoms with Gasteiger partial charge in [-0.05, 0) is 38.5 Å². The van der Waals surface area contributed by atoms with Crippen LogP contribution in [-0.4, -0.2) is 70.0 Å². The van der Waals surface area contributed by atoms with Crippen molar-refractivity contribution in [1.29, 1.82) is 0 Å². The van der Waals surface area contributed by atoms with Crippen LogP contribution in [0.1, 0.15) is 110 Å². The van der Waals surface area contributed by atoms with E-state index in [1.54, 1.807) is 0 Å². The molecule has 0 radical (unpaired) electrons. The van der Waals surface area contributed by atoms with E-state index >= 15 is 0 Å². The van der Waals surface area contributed by atoms with Crippen LogP contribution in [0.15, 0.2) is 12.2 Å². The second-order valence-electron chi connectivity index (χ2n) is 11.1. The Balaban J connectivity index is 4.36. The Morgan fingerprint density at radius 2 is 1.33 bits per heavy atom. The van der Waals surface area contributed by atoms with Crippen molar-refractivity contribution in [2.45, 2.75) is 116 Å². The average molecular weight is 578 g/mol. The molecule has 39 heavy (non-hydrogen) atoms. The van der Waals surface area contributed by atoms with Crippen molar-refractivity contribution in [1.82, 2.24) is 0 Å². The minimum atomic E-state index is -4.59. The second kappa shape index (κ2) is 23.5. The highest BCUT2D eigenvalue weighted by atomic mass is 31.2. The molecule has 0 bridgehead atoms. The predicted molar refractivity (Wildman–Crippen MR) is 153 cm³/mol. The summed E-state index contributed by atoms with van der Waals surface area (Å²) in [5.41, 5.74) is 0. The van der Waals surface area contributed by atoms with Gasteiger partial charge in [-0.2, -0.15) is 0 Å². The summed E-state index contributed by atoms with van der Waals surface area (Å²) >= 11 is 0. The van der Waals surface area contributed by atoms with E-state index in [4.69, 9.17) is 18.5 Å². The third-order valence-electron chi connectivity index (χ3n) is 6.04. The topological polar surface area (TPSA) is 111 Å². The van der Waals surface area contributed by atoms with Crippen LogP contribution in [0.4, 0.5) is 0 Å². The van der Waals surface area contributed by atoms with Crippen molar-refractivity contribution >= 4 is 19.8 Å². The van der Waals surface area contributed by atoms with E-state index in [9.17, 15) is 19.0 Å². The zero-order valence-corrected chi connectivity index (χ0v) is 26.2. The van der Waals surface area contributed by atoms with E-state index < -0.39 is 32.5 Å². The van der Waals surface area contributed by atoms with Crippen LogP contribution in [0, 0.1) is 0 Å². The minimum absolute atomic E-state index is 0.0317. The van der Waals surface area contributed by atoms with Gasteiger partial charge in [-0.1, -0.05) is 70.9 Å². The number of likely N-dealkylation sites (N-methyl/N-ethyl adjacent to an activating group) is 1. The Kier molecular flexibility index (Phi) is 22.7. The highest BCUT2D eigenvalue weighted by Crippen LogP contribution is 2.38. The molecule has 0 saturated heterocycles. The lowest BCUT2D eigenvalue weighted by atomic mass is 10.1. The van der Waals surface area contributed by atoms with E-state index in [0.29, 0.717) is 23.9 Å². The zero-order chi connectivity index (χ0) is 29.4. The summed E-state index contributed by atoms with van der Waals surface area (Å²) in [5, 5.41) is 0. The summed E-state index contributed by atoms with van der Waals surface area (Å²) in [4.78, 5) is 36.4. The van der Waals surface area contributed by atoms with Crippen molar-refractivity contribution in [3.8, 4) is 0 Å². The molecule has 10 heteroatoms. The first-order chi connectivity index (χ1) is 18.5. The fourth-order valence-electron chi connectivity index (χ4n) is 3.56. The normalized spacial score (nSPS) is 14.3. The highest BCUT2D eigenvalue weighted by Gasteiger charge is 2.21. The number of hydrogen-bond acceptors (Lipinski definition) is 8. The number of rotatable bonds is 26. The van der Waals surface area contributed by atoms with E-state index in [-0.39, 0.29) is 26.1 Å². The molecule has 0 N–H and O–H groups in total. The standard InChI is InChI=1S/C29H56NO8P/c1-6-8-10-11-12-13-14-15-16-17-18-19-20-22-29(32)38-27(25-35-28(31)21-9-7-2)26-37-39(33,34)36-24-23-30(3,4)5/h13-14,27H,6-12,15-26H2,1-5H3/b14-13-. The molecule has 2 atom stereocenters. The van der Waals surface area contributed by atoms with Crippen LogP contribution in [0.5, 0.6) is 0 Å². The highest BCUT2D eigenvalue weighted by molar-refractivity contribution is 7.45. The number of unbranched alkanes of at least 4 members (excludes halogenated alkanes) is 10. The van der Waals surface area contributed by atoms with Gasteiger partial charge in [0, 0.05) is 12.8 Å². The van der Waals surface area contributed by atoms with Crippen LogP contribution in [-0.2, 0) is 32.7 Å². The molecule has 0 aromatic rings. The van der Waals surface area contributed by atoms with Gasteiger partial charge < -0.3 is 27.9 Å². The van der Waals surface area contributed by atoms with Crippen LogP contribution in [0.25, 0.3) is 0 Å². The molecule has 0 saturated carbocycles. The molecule has 0 aromatic carbocycles. The van der Waals surface area contributed by atoms with Crippen LogP contribution in [0.2, 0.25) is 0 Å². The molecule has 0 heterocycles. The van der Waals surface area contributed by atoms with E-state index in [0.717, 1.165) is 38.5 Å². The van der Waals surface area contributed by atoms with Crippen molar-refractivity contribution in [2.75, 3.05) is 47.5 Å². The lowest BCUT2D eigenvalue weighted by Gasteiger charge is -2.28. The Morgan fingerprint density at radius 1 is 0.769 bits per heavy atom. The van der Waals surface area contributed by atoms with Gasteiger partial charge in [0.1, 0.15) is 19.8 Å². The van der Waals surface area contributed by atoms with E-state index in [1.165, 1.54) is 32.1 Å². The zero-order valence-electron chi connectivity index (χ0n) is 25.3. The number of ether oxygens (including phenoxy) is 2. The Morgan fingerprint density at radius 3 is 1.95 bits per heavy atom. The van der Waals surface area contributed by atoms with Gasteiger partial charge in [-0.15, -0.1) is 0 Å². The molecule has 2 unspecified atom stereocenters. The van der Waals surface area contributed by atoms with Crippen LogP contribution >= 0.6 is 7.82 Å². The summed E-state index contributed by atoms with van der Waals surface area (Å²) in [6.07, 6.45) is 17.9. The number of quaternary nitrogens is 1. The summed E-state index contributed by atoms with van der Waals surface area (Å²) in [5.74, 6) is -0.889. The number of phosphoric ester groups is 1. The third-order valence-corrected chi connectivity index (χ3v) is 7.00. The predicted octanol–water partition coefficient (Wildman–Crippen LogP) is 6.10. The van der Waals surface area contributed by atoms with Crippen molar-refractivity contribution in [3.05, 3.63) is 12.2 Å². The van der Waals surface area contributed by atoms with Gasteiger partial charge in [-0.3, -0.25) is 14.2 Å². The number of carbonyl (C=O) groups excluding carboxylic acids is 2. The van der Waals surface area contributed by atoms with Gasteiger partial charge >= 0.3 is 11.9 Å². The Labute approximate surface area is 237 Å². The minimum Gasteiger partial charge on any atom is -0.756 e. The van der Waals surface area contributed by atoms with Crippen molar-refractivity contribution < 1.29 is 42.1 Å². The fraction of sp³-hybridized carbons (Fsp3) is 0.862. The first-order valence-electron chi connectivity index (χ1n) is 14.9. The quantitative estimate of drug-likeness (QED) is 0.0399. The molecule has 0 amide bonds. The lowest BCUT2D eigenvalue weighted by molar-refractivity contribution is -0.870. The molecular formula is C29H56NO8P. The maximum atomic E-state index is 12.4. The smallest absolute Gasteiger partial charge is 0.306 e. The summed E-state index contributed by atoms with van der Waals surface area (Å²) < 4.78 is 33.1. The van der Waals surface area contributed by atoms with E-state index in [1.807, 2.05) is 28.1 Å². The van der Waals surface area contributed by atoms with E-state index in [2.05, 4.69) is 19.1 Å². The van der Waals surface area contributed by atoms with Crippen LogP contribution < -0.4 is 4.89 Å². The molecule has 0 fully saturated rings. The molecule has 0 rings (SSSR count). The number of esters is 2. The summed E-state index contributed by atoms with van der Waals surface area (Å²) in [7, 11) is 1.15. The largest absolute Gasteiger partial charge is 0.756 e. The number of carbonyl (C=O) groups is 2. The van der Waals surface area contributed by atoms with Gasteiger partial charge in [0.15, 0.2) is 6.10 Å². The molecule has 0 aliphatic carbocycles. The van der Waals surface area contributed by atoms with Crippen molar-refractivity contribution in [2.24, 2.45) is 0 Å². The second-order valence-corrected chi connectivity index (χ2v) is 12.5. The lowest BCUT2D eigenvalue weighted by Crippen LogP contribution is -2.37. The van der Waals surface area contributed by atoms with Gasteiger partial charge in [0.05, 0.1) is 27.7 Å². The molecule has 0 aliphatic heterocycles. The average Bonchev–Trinajstić information content (AvgIpc) is 2.86. The molecule has 9 nitrogen and oxygen atoms in total. The number of phosphoric acid groups is 1. The van der Waals surface area contributed by atoms with Crippen LogP contribution in [0.3, 0.4) is 0 Å². The number of hydrogen-bond donors (Lipinski definition) is 0. The first kappa shape index (κ1) is 37.8. The Bertz CT molecular complexity index is 708. The number of nitrogens with zero attached hydrogens (tertiary/aromatic N) is 1. The fourth-order valence-corrected chi connectivity index (χ4v) is 4.29. The van der Waals surface area contributed by atoms with Crippen molar-refractivity contribution in [3.63, 3.8) is 0 Å². The van der Waals surface area contributed by atoms with Gasteiger partial charge in [0.25, 0.3) is 7.82 Å². The maximum absolute atomic E-state index is 12.4. The number of allylic oxidation sites excluding steroid dienone is 2.